The fraction of sp³-hybridized carbons (Fsp3) is 0.200. The summed E-state index contributed by atoms with van der Waals surface area (Å²) in [6, 6.07) is 9.32. The minimum Gasteiger partial charge on any atom is -0.428 e. The Morgan fingerprint density at radius 2 is 1.16 bits per heavy atom. The van der Waals surface area contributed by atoms with E-state index in [-0.39, 0.29) is 0 Å². The molecule has 19 heavy (non-hydrogen) atoms. The van der Waals surface area contributed by atoms with Gasteiger partial charge in [0, 0.05) is 20.8 Å². The normalized spacial score (nSPS) is 8.58. The van der Waals surface area contributed by atoms with Gasteiger partial charge in [-0.2, -0.15) is 0 Å². The van der Waals surface area contributed by atoms with Gasteiger partial charge in [-0.1, -0.05) is 48.1 Å². The van der Waals surface area contributed by atoms with Crippen molar-refractivity contribution >= 4 is 14.0 Å². The maximum absolute atomic E-state index is 5.50. The first-order chi connectivity index (χ1) is 9.29. The predicted molar refractivity (Wildman–Crippen MR) is 75.4 cm³/mol. The lowest BCUT2D eigenvalue weighted by atomic mass is 10.4. The lowest BCUT2D eigenvalue weighted by Gasteiger charge is -2.21. The van der Waals surface area contributed by atoms with E-state index >= 15 is 0 Å². The molecule has 3 nitrogen and oxygen atoms in total. The van der Waals surface area contributed by atoms with Crippen LogP contribution in [0.2, 0.25) is 0 Å². The third-order valence-corrected chi connectivity index (χ3v) is 4.14. The molecule has 0 radical (unpaired) electrons. The molecule has 0 fully saturated rings. The molecule has 0 N–H and O–H groups in total. The summed E-state index contributed by atoms with van der Waals surface area (Å²) in [5.41, 5.74) is 0. The van der Waals surface area contributed by atoms with Crippen LogP contribution in [0, 0.1) is 36.1 Å². The quantitative estimate of drug-likeness (QED) is 0.617. The third-order valence-electron chi connectivity index (χ3n) is 1.99. The van der Waals surface area contributed by atoms with Crippen molar-refractivity contribution in [2.75, 3.05) is 0 Å². The Bertz CT molecular complexity index is 521. The van der Waals surface area contributed by atoms with E-state index in [2.05, 4.69) is 36.1 Å². The summed E-state index contributed by atoms with van der Waals surface area (Å²) >= 11 is 0. The maximum atomic E-state index is 5.50. The SMILES string of the molecule is CC#CO[Si](OC#CC)(OC#CC)c1ccccc1. The van der Waals surface area contributed by atoms with Crippen LogP contribution in [0.5, 0.6) is 0 Å². The molecule has 0 amide bonds. The fourth-order valence-corrected chi connectivity index (χ4v) is 3.02. The van der Waals surface area contributed by atoms with Crippen LogP contribution in [0.3, 0.4) is 0 Å². The van der Waals surface area contributed by atoms with Crippen molar-refractivity contribution in [1.82, 2.24) is 0 Å². The third kappa shape index (κ3) is 4.03. The Morgan fingerprint density at radius 1 is 0.737 bits per heavy atom. The fourth-order valence-electron chi connectivity index (χ4n) is 1.24. The van der Waals surface area contributed by atoms with Gasteiger partial charge in [0.25, 0.3) is 0 Å². The summed E-state index contributed by atoms with van der Waals surface area (Å²) < 4.78 is 16.5. The first-order valence-electron chi connectivity index (χ1n) is 5.64. The second kappa shape index (κ2) is 7.77. The monoisotopic (exact) mass is 270 g/mol. The van der Waals surface area contributed by atoms with Crippen molar-refractivity contribution in [2.24, 2.45) is 0 Å². The number of hydrogen-bond acceptors (Lipinski definition) is 3. The molecule has 0 heterocycles. The van der Waals surface area contributed by atoms with Crippen molar-refractivity contribution in [3.8, 4) is 36.1 Å². The van der Waals surface area contributed by atoms with E-state index in [1.54, 1.807) is 20.8 Å². The van der Waals surface area contributed by atoms with Crippen LogP contribution >= 0.6 is 0 Å². The van der Waals surface area contributed by atoms with E-state index in [9.17, 15) is 0 Å². The lowest BCUT2D eigenvalue weighted by Crippen LogP contribution is -2.54. The summed E-state index contributed by atoms with van der Waals surface area (Å²) in [7, 11) is -3.26. The Kier molecular flexibility index (Phi) is 5.96. The molecule has 0 atom stereocenters. The zero-order chi connectivity index (χ0) is 14.0. The smallest absolute Gasteiger partial charge is 0.428 e. The van der Waals surface area contributed by atoms with E-state index in [0.29, 0.717) is 0 Å². The standard InChI is InChI=1S/C15H14O3Si/c1-4-12-16-19(17-13-5-2,18-14-6-3)15-10-8-7-9-11-15/h7-11H,1-3H3. The van der Waals surface area contributed by atoms with Crippen LogP contribution in [0.4, 0.5) is 0 Å². The van der Waals surface area contributed by atoms with E-state index in [1.807, 2.05) is 30.3 Å². The van der Waals surface area contributed by atoms with Gasteiger partial charge < -0.3 is 13.3 Å². The molecular weight excluding hydrogens is 256 g/mol. The highest BCUT2D eigenvalue weighted by Gasteiger charge is 2.51. The van der Waals surface area contributed by atoms with Crippen molar-refractivity contribution in [2.45, 2.75) is 20.8 Å². The predicted octanol–water partition coefficient (Wildman–Crippen LogP) is 1.82. The van der Waals surface area contributed by atoms with Crippen molar-refractivity contribution < 1.29 is 13.3 Å². The molecule has 1 rings (SSSR count). The first kappa shape index (κ1) is 14.6. The largest absolute Gasteiger partial charge is 0.762 e. The van der Waals surface area contributed by atoms with E-state index in [1.165, 1.54) is 0 Å². The molecule has 0 unspecified atom stereocenters. The molecule has 1 aromatic carbocycles. The van der Waals surface area contributed by atoms with Gasteiger partial charge in [-0.15, -0.1) is 0 Å². The van der Waals surface area contributed by atoms with E-state index in [4.69, 9.17) is 13.3 Å². The highest BCUT2D eigenvalue weighted by Crippen LogP contribution is 2.09. The summed E-state index contributed by atoms with van der Waals surface area (Å²) in [5, 5.41) is 0.753. The molecule has 0 aromatic heterocycles. The molecular formula is C15H14O3Si. The van der Waals surface area contributed by atoms with Gasteiger partial charge in [0.15, 0.2) is 0 Å². The molecule has 0 bridgehead atoms. The van der Waals surface area contributed by atoms with Gasteiger partial charge in [0.05, 0.1) is 23.5 Å². The average Bonchev–Trinajstić information content (AvgIpc) is 2.48. The molecule has 0 saturated carbocycles. The van der Waals surface area contributed by atoms with E-state index in [0.717, 1.165) is 5.19 Å². The topological polar surface area (TPSA) is 27.7 Å². The Balaban J connectivity index is 3.23. The molecule has 96 valence electrons. The van der Waals surface area contributed by atoms with Gasteiger partial charge in [0.2, 0.25) is 0 Å². The number of hydrogen-bond donors (Lipinski definition) is 0. The van der Waals surface area contributed by atoms with Crippen LogP contribution in [0.25, 0.3) is 0 Å². The molecule has 0 aliphatic heterocycles. The molecule has 0 spiro atoms. The Labute approximate surface area is 115 Å². The second-order valence-electron chi connectivity index (χ2n) is 3.28. The number of benzene rings is 1. The van der Waals surface area contributed by atoms with Crippen molar-refractivity contribution in [3.05, 3.63) is 30.3 Å². The molecule has 4 heteroatoms. The van der Waals surface area contributed by atoms with Gasteiger partial charge in [-0.25, -0.2) is 0 Å². The summed E-state index contributed by atoms with van der Waals surface area (Å²) in [6.45, 7) is 5.00. The highest BCUT2D eigenvalue weighted by molar-refractivity contribution is 6.76. The molecule has 0 aliphatic rings. The van der Waals surface area contributed by atoms with Crippen molar-refractivity contribution in [3.63, 3.8) is 0 Å². The van der Waals surface area contributed by atoms with Crippen molar-refractivity contribution in [1.29, 1.82) is 0 Å². The summed E-state index contributed by atoms with van der Waals surface area (Å²) in [5.74, 6) is 7.96. The first-order valence-corrected chi connectivity index (χ1v) is 7.36. The van der Waals surface area contributed by atoms with Crippen LogP contribution in [-0.4, -0.2) is 8.80 Å². The highest BCUT2D eigenvalue weighted by atomic mass is 28.4. The summed E-state index contributed by atoms with van der Waals surface area (Å²) in [4.78, 5) is 0. The van der Waals surface area contributed by atoms with Gasteiger partial charge >= 0.3 is 8.80 Å². The minimum absolute atomic E-state index is 0.753. The maximum Gasteiger partial charge on any atom is 0.762 e. The average molecular weight is 270 g/mol. The van der Waals surface area contributed by atoms with Gasteiger partial charge in [0.1, 0.15) is 0 Å². The Morgan fingerprint density at radius 3 is 1.53 bits per heavy atom. The van der Waals surface area contributed by atoms with Crippen LogP contribution in [-0.2, 0) is 13.3 Å². The Hall–Kier alpha value is -2.48. The molecule has 0 saturated heterocycles. The zero-order valence-corrected chi connectivity index (χ0v) is 12.1. The molecule has 0 aliphatic carbocycles. The summed E-state index contributed by atoms with van der Waals surface area (Å²) in [6.07, 6.45) is 7.59. The number of rotatable bonds is 4. The molecule has 1 aromatic rings. The second-order valence-corrected chi connectivity index (χ2v) is 5.59. The van der Waals surface area contributed by atoms with Crippen LogP contribution < -0.4 is 5.19 Å². The minimum atomic E-state index is -3.26. The zero-order valence-electron chi connectivity index (χ0n) is 11.1. The van der Waals surface area contributed by atoms with Gasteiger partial charge in [-0.3, -0.25) is 0 Å². The van der Waals surface area contributed by atoms with Gasteiger partial charge in [-0.05, 0) is 0 Å². The van der Waals surface area contributed by atoms with Crippen LogP contribution in [0.1, 0.15) is 20.8 Å². The lowest BCUT2D eigenvalue weighted by molar-refractivity contribution is 0.231. The van der Waals surface area contributed by atoms with E-state index < -0.39 is 8.80 Å². The van der Waals surface area contributed by atoms with Crippen LogP contribution in [0.15, 0.2) is 30.3 Å².